The van der Waals surface area contributed by atoms with Crippen molar-refractivity contribution in [3.05, 3.63) is 0 Å². The molecule has 0 radical (unpaired) electrons. The van der Waals surface area contributed by atoms with Crippen molar-refractivity contribution in [3.8, 4) is 0 Å². The molecule has 0 aromatic rings. The second-order valence-electron chi connectivity index (χ2n) is 2.88. The summed E-state index contributed by atoms with van der Waals surface area (Å²) < 4.78 is 4.60. The Morgan fingerprint density at radius 1 is 1.83 bits per heavy atom. The van der Waals surface area contributed by atoms with E-state index in [2.05, 4.69) is 15.0 Å². The number of hydrogen-bond acceptors (Lipinski definition) is 4. The van der Waals surface area contributed by atoms with Gasteiger partial charge >= 0.3 is 5.97 Å². The minimum atomic E-state index is -0.175. The molecular weight excluding hydrogens is 156 g/mol. The zero-order valence-corrected chi connectivity index (χ0v) is 7.46. The average molecular weight is 170 g/mol. The molecule has 0 aromatic heterocycles. The third-order valence-corrected chi connectivity index (χ3v) is 1.85. The lowest BCUT2D eigenvalue weighted by Gasteiger charge is -2.08. The second kappa shape index (κ2) is 4.09. The maximum atomic E-state index is 11.0. The molecule has 1 N–H and O–H groups in total. The molecule has 0 spiro atoms. The van der Waals surface area contributed by atoms with Gasteiger partial charge in [0.2, 0.25) is 0 Å². The van der Waals surface area contributed by atoms with E-state index in [9.17, 15) is 4.79 Å². The molecule has 1 aliphatic heterocycles. The minimum Gasteiger partial charge on any atom is -0.469 e. The van der Waals surface area contributed by atoms with E-state index >= 15 is 0 Å². The van der Waals surface area contributed by atoms with Crippen LogP contribution in [0.15, 0.2) is 4.99 Å². The predicted octanol–water partition coefficient (Wildman–Crippen LogP) is 0.187. The van der Waals surface area contributed by atoms with Crippen LogP contribution in [0.4, 0.5) is 0 Å². The maximum absolute atomic E-state index is 11.0. The molecule has 0 amide bonds. The van der Waals surface area contributed by atoms with Crippen LogP contribution in [0.25, 0.3) is 0 Å². The Labute approximate surface area is 72.0 Å². The van der Waals surface area contributed by atoms with Crippen molar-refractivity contribution >= 4 is 11.8 Å². The summed E-state index contributed by atoms with van der Waals surface area (Å²) in [6.07, 6.45) is 0.659. The number of rotatable bonds is 3. The first-order valence-electron chi connectivity index (χ1n) is 4.09. The molecule has 0 saturated carbocycles. The summed E-state index contributed by atoms with van der Waals surface area (Å²) in [7, 11) is 1.41. The van der Waals surface area contributed by atoms with Crippen molar-refractivity contribution in [2.45, 2.75) is 13.3 Å². The van der Waals surface area contributed by atoms with Crippen molar-refractivity contribution < 1.29 is 9.53 Å². The Balaban J connectivity index is 2.34. The molecule has 0 aliphatic carbocycles. The molecule has 1 unspecified atom stereocenters. The first kappa shape index (κ1) is 9.03. The van der Waals surface area contributed by atoms with Gasteiger partial charge in [-0.3, -0.25) is 9.79 Å². The van der Waals surface area contributed by atoms with Gasteiger partial charge in [0.05, 0.1) is 25.4 Å². The SMILES string of the molecule is COC(=O)C(C)CC1=NCCN1. The van der Waals surface area contributed by atoms with Gasteiger partial charge in [-0.2, -0.15) is 0 Å². The molecule has 12 heavy (non-hydrogen) atoms. The van der Waals surface area contributed by atoms with Crippen molar-refractivity contribution in [1.29, 1.82) is 0 Å². The Kier molecular flexibility index (Phi) is 3.08. The van der Waals surface area contributed by atoms with Crippen LogP contribution in [-0.2, 0) is 9.53 Å². The minimum absolute atomic E-state index is 0.0978. The van der Waals surface area contributed by atoms with Gasteiger partial charge in [0.15, 0.2) is 0 Å². The Hall–Kier alpha value is -1.06. The third kappa shape index (κ3) is 2.22. The Morgan fingerprint density at radius 2 is 2.58 bits per heavy atom. The van der Waals surface area contributed by atoms with E-state index in [1.54, 1.807) is 0 Å². The van der Waals surface area contributed by atoms with Gasteiger partial charge in [-0.1, -0.05) is 6.92 Å². The number of esters is 1. The van der Waals surface area contributed by atoms with Crippen LogP contribution in [-0.4, -0.2) is 32.0 Å². The van der Waals surface area contributed by atoms with Crippen molar-refractivity contribution in [2.24, 2.45) is 10.9 Å². The second-order valence-corrected chi connectivity index (χ2v) is 2.88. The van der Waals surface area contributed by atoms with Crippen LogP contribution in [0.5, 0.6) is 0 Å². The average Bonchev–Trinajstić information content (AvgIpc) is 2.55. The molecule has 1 rings (SSSR count). The highest BCUT2D eigenvalue weighted by atomic mass is 16.5. The largest absolute Gasteiger partial charge is 0.469 e. The molecule has 0 aromatic carbocycles. The van der Waals surface area contributed by atoms with E-state index in [0.717, 1.165) is 18.9 Å². The smallest absolute Gasteiger partial charge is 0.308 e. The number of methoxy groups -OCH3 is 1. The lowest BCUT2D eigenvalue weighted by atomic mass is 10.1. The van der Waals surface area contributed by atoms with Crippen molar-refractivity contribution in [1.82, 2.24) is 5.32 Å². The van der Waals surface area contributed by atoms with E-state index in [1.807, 2.05) is 6.92 Å². The predicted molar refractivity (Wildman–Crippen MR) is 46.1 cm³/mol. The standard InChI is InChI=1S/C8H14N2O2/c1-6(8(11)12-2)5-7-9-3-4-10-7/h6H,3-5H2,1-2H3,(H,9,10). The zero-order valence-electron chi connectivity index (χ0n) is 7.46. The number of aliphatic imine (C=N–C) groups is 1. The van der Waals surface area contributed by atoms with Gasteiger partial charge in [-0.05, 0) is 0 Å². The van der Waals surface area contributed by atoms with Crippen LogP contribution in [0.2, 0.25) is 0 Å². The lowest BCUT2D eigenvalue weighted by molar-refractivity contribution is -0.144. The lowest BCUT2D eigenvalue weighted by Crippen LogP contribution is -2.24. The van der Waals surface area contributed by atoms with E-state index < -0.39 is 0 Å². The third-order valence-electron chi connectivity index (χ3n) is 1.85. The van der Waals surface area contributed by atoms with Crippen LogP contribution in [0.3, 0.4) is 0 Å². The highest BCUT2D eigenvalue weighted by Gasteiger charge is 2.17. The van der Waals surface area contributed by atoms with E-state index in [1.165, 1.54) is 7.11 Å². The number of amidine groups is 1. The van der Waals surface area contributed by atoms with Gasteiger partial charge < -0.3 is 10.1 Å². The first-order valence-corrected chi connectivity index (χ1v) is 4.09. The van der Waals surface area contributed by atoms with Crippen molar-refractivity contribution in [3.63, 3.8) is 0 Å². The highest BCUT2D eigenvalue weighted by Crippen LogP contribution is 2.06. The molecule has 4 nitrogen and oxygen atoms in total. The summed E-state index contributed by atoms with van der Waals surface area (Å²) in [6, 6.07) is 0. The summed E-state index contributed by atoms with van der Waals surface area (Å²) in [5.74, 6) is 0.652. The summed E-state index contributed by atoms with van der Waals surface area (Å²) in [5.41, 5.74) is 0. The molecular formula is C8H14N2O2. The maximum Gasteiger partial charge on any atom is 0.308 e. The van der Waals surface area contributed by atoms with E-state index in [0.29, 0.717) is 6.42 Å². The molecule has 0 saturated heterocycles. The first-order chi connectivity index (χ1) is 5.74. The Bertz CT molecular complexity index is 201. The number of ether oxygens (including phenoxy) is 1. The van der Waals surface area contributed by atoms with Gasteiger partial charge in [0.25, 0.3) is 0 Å². The monoisotopic (exact) mass is 170 g/mol. The van der Waals surface area contributed by atoms with Crippen LogP contribution < -0.4 is 5.32 Å². The van der Waals surface area contributed by atoms with Gasteiger partial charge in [-0.25, -0.2) is 0 Å². The van der Waals surface area contributed by atoms with Gasteiger partial charge in [0, 0.05) is 13.0 Å². The van der Waals surface area contributed by atoms with Gasteiger partial charge in [0.1, 0.15) is 0 Å². The zero-order chi connectivity index (χ0) is 8.97. The van der Waals surface area contributed by atoms with E-state index in [-0.39, 0.29) is 11.9 Å². The van der Waals surface area contributed by atoms with Gasteiger partial charge in [-0.15, -0.1) is 0 Å². The normalized spacial score (nSPS) is 18.0. The summed E-state index contributed by atoms with van der Waals surface area (Å²) in [5, 5.41) is 3.11. The van der Waals surface area contributed by atoms with Crippen molar-refractivity contribution in [2.75, 3.05) is 20.2 Å². The molecule has 68 valence electrons. The number of nitrogens with one attached hydrogen (secondary N) is 1. The molecule has 0 fully saturated rings. The number of nitrogens with zero attached hydrogens (tertiary/aromatic N) is 1. The fraction of sp³-hybridized carbons (Fsp3) is 0.750. The number of hydrogen-bond donors (Lipinski definition) is 1. The fourth-order valence-corrected chi connectivity index (χ4v) is 1.16. The summed E-state index contributed by atoms with van der Waals surface area (Å²) >= 11 is 0. The molecule has 0 bridgehead atoms. The summed E-state index contributed by atoms with van der Waals surface area (Å²) in [4.78, 5) is 15.2. The topological polar surface area (TPSA) is 50.7 Å². The van der Waals surface area contributed by atoms with Crippen LogP contribution in [0, 0.1) is 5.92 Å². The van der Waals surface area contributed by atoms with E-state index in [4.69, 9.17) is 0 Å². The molecule has 1 atom stereocenters. The van der Waals surface area contributed by atoms with Crippen LogP contribution >= 0.6 is 0 Å². The summed E-state index contributed by atoms with van der Waals surface area (Å²) in [6.45, 7) is 3.56. The molecule has 4 heteroatoms. The van der Waals surface area contributed by atoms with Crippen LogP contribution in [0.1, 0.15) is 13.3 Å². The highest BCUT2D eigenvalue weighted by molar-refractivity contribution is 5.87. The molecule has 1 heterocycles. The Morgan fingerprint density at radius 3 is 3.08 bits per heavy atom. The number of carbonyl (C=O) groups excluding carboxylic acids is 1. The molecule has 1 aliphatic rings. The number of carbonyl (C=O) groups is 1. The fourth-order valence-electron chi connectivity index (χ4n) is 1.16. The quantitative estimate of drug-likeness (QED) is 0.615.